The van der Waals surface area contributed by atoms with Crippen molar-refractivity contribution in [3.05, 3.63) is 28.3 Å². The number of Topliss-reactive ketones (excluding diaryl/α,β-unsaturated/α-hetero) is 1. The van der Waals surface area contributed by atoms with Crippen molar-refractivity contribution in [2.45, 2.75) is 37.0 Å². The van der Waals surface area contributed by atoms with E-state index in [-0.39, 0.29) is 53.0 Å². The molecule has 2 saturated carbocycles. The molecule has 1 aromatic carbocycles. The van der Waals surface area contributed by atoms with Crippen LogP contribution in [0, 0.1) is 27.9 Å². The number of nitrogens with one attached hydrogen (secondary N) is 2. The average Bonchev–Trinajstić information content (AvgIpc) is 2.64. The largest absolute Gasteiger partial charge is 0.378 e. The first-order chi connectivity index (χ1) is 13.7. The first kappa shape index (κ1) is 21.2. The molecule has 2 aliphatic carbocycles. The third kappa shape index (κ3) is 4.92. The minimum absolute atomic E-state index is 0.00684. The van der Waals surface area contributed by atoms with Gasteiger partial charge in [0.1, 0.15) is 11.5 Å². The highest BCUT2D eigenvalue weighted by molar-refractivity contribution is 7.90. The summed E-state index contributed by atoms with van der Waals surface area (Å²) in [6.45, 7) is 0.521. The Morgan fingerprint density at radius 1 is 1.21 bits per heavy atom. The van der Waals surface area contributed by atoms with Gasteiger partial charge in [0, 0.05) is 43.2 Å². The summed E-state index contributed by atoms with van der Waals surface area (Å²) in [7, 11) is -3.55. The number of benzene rings is 1. The fourth-order valence-corrected chi connectivity index (χ4v) is 4.90. The summed E-state index contributed by atoms with van der Waals surface area (Å²) in [5.41, 5.74) is -0.146. The molecule has 0 spiro atoms. The van der Waals surface area contributed by atoms with Crippen LogP contribution in [0.5, 0.6) is 0 Å². The molecular formula is C19H25N3O6S. The Bertz CT molecular complexity index is 914. The second kappa shape index (κ2) is 8.48. The van der Waals surface area contributed by atoms with E-state index in [1.54, 1.807) is 0 Å². The van der Waals surface area contributed by atoms with E-state index in [0.717, 1.165) is 31.6 Å². The van der Waals surface area contributed by atoms with Crippen LogP contribution in [0.2, 0.25) is 0 Å². The van der Waals surface area contributed by atoms with Gasteiger partial charge in [0.2, 0.25) is 5.91 Å². The number of amides is 1. The highest BCUT2D eigenvalue weighted by Crippen LogP contribution is 2.40. The second-order valence-electron chi connectivity index (χ2n) is 7.82. The van der Waals surface area contributed by atoms with Gasteiger partial charge in [0.05, 0.1) is 9.82 Å². The number of rotatable bonds is 7. The third-order valence-electron chi connectivity index (χ3n) is 5.75. The van der Waals surface area contributed by atoms with Gasteiger partial charge in [0.15, 0.2) is 9.84 Å². The molecule has 10 heteroatoms. The highest BCUT2D eigenvalue weighted by Gasteiger charge is 2.41. The predicted octanol–water partition coefficient (Wildman–Crippen LogP) is 1.92. The van der Waals surface area contributed by atoms with E-state index in [9.17, 15) is 28.1 Å². The van der Waals surface area contributed by atoms with Crippen LogP contribution in [-0.2, 0) is 19.4 Å². The number of carbonyl (C=O) groups excluding carboxylic acids is 2. The minimum Gasteiger partial charge on any atom is -0.378 e. The van der Waals surface area contributed by atoms with E-state index in [4.69, 9.17) is 0 Å². The summed E-state index contributed by atoms with van der Waals surface area (Å²) in [4.78, 5) is 35.1. The second-order valence-corrected chi connectivity index (χ2v) is 9.84. The molecule has 158 valence electrons. The Hall–Kier alpha value is -2.49. The molecule has 1 aromatic rings. The number of nitro groups is 1. The maximum Gasteiger partial charge on any atom is 0.293 e. The quantitative estimate of drug-likeness (QED) is 0.388. The number of fused-ring (bicyclic) bond motifs is 2. The Balaban J connectivity index is 1.53. The third-order valence-corrected chi connectivity index (χ3v) is 6.86. The van der Waals surface area contributed by atoms with E-state index < -0.39 is 14.8 Å². The number of sulfone groups is 1. The van der Waals surface area contributed by atoms with Gasteiger partial charge >= 0.3 is 0 Å². The molecule has 1 amide bonds. The zero-order chi connectivity index (χ0) is 21.2. The molecule has 0 radical (unpaired) electrons. The van der Waals surface area contributed by atoms with Gasteiger partial charge in [-0.15, -0.1) is 0 Å². The number of anilines is 1. The number of hydrogen-bond acceptors (Lipinski definition) is 7. The van der Waals surface area contributed by atoms with Gasteiger partial charge in [-0.2, -0.15) is 0 Å². The summed E-state index contributed by atoms with van der Waals surface area (Å²) in [5.74, 6) is 0.0797. The molecule has 0 saturated heterocycles. The topological polar surface area (TPSA) is 135 Å². The molecule has 0 aromatic heterocycles. The number of carbonyl (C=O) groups is 2. The summed E-state index contributed by atoms with van der Waals surface area (Å²) < 4.78 is 23.2. The Morgan fingerprint density at radius 2 is 1.86 bits per heavy atom. The molecule has 2 N–H and O–H groups in total. The lowest BCUT2D eigenvalue weighted by Crippen LogP contribution is -2.43. The minimum atomic E-state index is -3.55. The van der Waals surface area contributed by atoms with Crippen molar-refractivity contribution in [1.29, 1.82) is 0 Å². The Morgan fingerprint density at radius 3 is 2.45 bits per heavy atom. The molecule has 2 bridgehead atoms. The van der Waals surface area contributed by atoms with Crippen LogP contribution in [0.25, 0.3) is 0 Å². The number of nitrogens with zero attached hydrogens (tertiary/aromatic N) is 1. The maximum absolute atomic E-state index is 12.5. The molecule has 2 aliphatic rings. The monoisotopic (exact) mass is 423 g/mol. The predicted molar refractivity (Wildman–Crippen MR) is 106 cm³/mol. The van der Waals surface area contributed by atoms with Gasteiger partial charge in [-0.1, -0.05) is 6.42 Å². The van der Waals surface area contributed by atoms with Crippen LogP contribution in [0.15, 0.2) is 23.1 Å². The fourth-order valence-electron chi connectivity index (χ4n) is 4.26. The van der Waals surface area contributed by atoms with Gasteiger partial charge < -0.3 is 10.6 Å². The zero-order valence-corrected chi connectivity index (χ0v) is 17.0. The molecule has 0 aliphatic heterocycles. The van der Waals surface area contributed by atoms with Crippen molar-refractivity contribution in [1.82, 2.24) is 5.32 Å². The lowest BCUT2D eigenvalue weighted by Gasteiger charge is -2.36. The van der Waals surface area contributed by atoms with Crippen LogP contribution in [-0.4, -0.2) is 44.4 Å². The Kier molecular flexibility index (Phi) is 6.21. The number of nitro benzene ring substituents is 1. The van der Waals surface area contributed by atoms with Gasteiger partial charge in [0.25, 0.3) is 5.69 Å². The summed E-state index contributed by atoms with van der Waals surface area (Å²) in [6.07, 6.45) is 4.99. The molecule has 2 fully saturated rings. The van der Waals surface area contributed by atoms with Gasteiger partial charge in [-0.25, -0.2) is 8.42 Å². The van der Waals surface area contributed by atoms with Crippen LogP contribution in [0.1, 0.15) is 32.1 Å². The molecule has 2 unspecified atom stereocenters. The summed E-state index contributed by atoms with van der Waals surface area (Å²) in [5, 5.41) is 16.9. The lowest BCUT2D eigenvalue weighted by atomic mass is 9.67. The molecule has 29 heavy (non-hydrogen) atoms. The average molecular weight is 423 g/mol. The van der Waals surface area contributed by atoms with E-state index in [2.05, 4.69) is 10.6 Å². The van der Waals surface area contributed by atoms with Crippen molar-refractivity contribution in [2.75, 3.05) is 24.7 Å². The number of ketones is 1. The van der Waals surface area contributed by atoms with Crippen molar-refractivity contribution in [2.24, 2.45) is 17.8 Å². The van der Waals surface area contributed by atoms with Gasteiger partial charge in [-0.3, -0.25) is 19.7 Å². The normalized spacial score (nSPS) is 24.0. The number of hydrogen-bond donors (Lipinski definition) is 2. The van der Waals surface area contributed by atoms with E-state index in [1.165, 1.54) is 12.1 Å². The lowest BCUT2D eigenvalue weighted by molar-refractivity contribution is -0.384. The zero-order valence-electron chi connectivity index (χ0n) is 16.2. The first-order valence-corrected chi connectivity index (χ1v) is 11.6. The molecule has 0 heterocycles. The van der Waals surface area contributed by atoms with Crippen LogP contribution < -0.4 is 10.6 Å². The van der Waals surface area contributed by atoms with Crippen molar-refractivity contribution in [3.63, 3.8) is 0 Å². The van der Waals surface area contributed by atoms with Gasteiger partial charge in [-0.05, 0) is 37.8 Å². The van der Waals surface area contributed by atoms with Crippen molar-refractivity contribution < 1.29 is 22.9 Å². The molecular weight excluding hydrogens is 398 g/mol. The fraction of sp³-hybridized carbons (Fsp3) is 0.579. The van der Waals surface area contributed by atoms with Crippen molar-refractivity contribution in [3.8, 4) is 0 Å². The smallest absolute Gasteiger partial charge is 0.293 e. The summed E-state index contributed by atoms with van der Waals surface area (Å²) >= 11 is 0. The van der Waals surface area contributed by atoms with E-state index in [1.807, 2.05) is 0 Å². The first-order valence-electron chi connectivity index (χ1n) is 9.70. The van der Waals surface area contributed by atoms with Crippen LogP contribution >= 0.6 is 0 Å². The van der Waals surface area contributed by atoms with Crippen molar-refractivity contribution >= 4 is 32.9 Å². The van der Waals surface area contributed by atoms with Crippen LogP contribution in [0.4, 0.5) is 11.4 Å². The standard InChI is InChI=1S/C19H25N3O6S/c1-29(27,28)15-5-6-16(17(11-15)22(25)26)20-7-8-21-19(24)14-9-12-3-2-4-13(10-14)18(12)23/h5-6,11-14,20H,2-4,7-10H2,1H3,(H,21,24). The van der Waals surface area contributed by atoms with E-state index in [0.29, 0.717) is 18.6 Å². The SMILES string of the molecule is CS(=O)(=O)c1ccc(NCCNC(=O)C2CC3CCCC(C2)C3=O)c([N+](=O)[O-])c1. The molecule has 3 rings (SSSR count). The maximum atomic E-state index is 12.5. The summed E-state index contributed by atoms with van der Waals surface area (Å²) in [6, 6.07) is 3.68. The molecule has 2 atom stereocenters. The highest BCUT2D eigenvalue weighted by atomic mass is 32.2. The Labute approximate surface area is 169 Å². The molecule has 9 nitrogen and oxygen atoms in total. The van der Waals surface area contributed by atoms with E-state index >= 15 is 0 Å². The van der Waals surface area contributed by atoms with Crippen LogP contribution in [0.3, 0.4) is 0 Å².